The Kier molecular flexibility index (Phi) is 7.42. The van der Waals surface area contributed by atoms with Crippen molar-refractivity contribution in [1.29, 1.82) is 0 Å². The van der Waals surface area contributed by atoms with Crippen molar-refractivity contribution in [3.8, 4) is 44.8 Å². The zero-order valence-electron chi connectivity index (χ0n) is 19.4. The van der Waals surface area contributed by atoms with E-state index in [0.29, 0.717) is 28.6 Å². The molecule has 0 amide bonds. The molecule has 0 spiro atoms. The Morgan fingerprint density at radius 1 is 0.829 bits per heavy atom. The highest BCUT2D eigenvalue weighted by Crippen LogP contribution is 2.31. The van der Waals surface area contributed by atoms with Crippen LogP contribution in [-0.4, -0.2) is 37.6 Å². The monoisotopic (exact) mass is 489 g/mol. The average Bonchev–Trinajstić information content (AvgIpc) is 3.37. The largest absolute Gasteiger partial charge is 0.493 e. The Morgan fingerprint density at radius 3 is 2.14 bits per heavy atom. The number of rotatable bonds is 9. The maximum Gasteiger partial charge on any atom is 0.308 e. The fourth-order valence-electron chi connectivity index (χ4n) is 3.33. The lowest BCUT2D eigenvalue weighted by Crippen LogP contribution is -2.11. The second kappa shape index (κ2) is 10.8. The SMILES string of the molecule is COc1ccc(C(=O)COc2ccc(-c3nc(-c4ccc(OC(C)=O)cc4)cs3)cc2)cc1OC. The minimum atomic E-state index is -0.355. The minimum absolute atomic E-state index is 0.0977. The number of esters is 1. The van der Waals surface area contributed by atoms with Crippen LogP contribution < -0.4 is 18.9 Å². The van der Waals surface area contributed by atoms with Crippen molar-refractivity contribution in [2.45, 2.75) is 6.92 Å². The van der Waals surface area contributed by atoms with Gasteiger partial charge in [-0.2, -0.15) is 0 Å². The molecule has 7 nitrogen and oxygen atoms in total. The van der Waals surface area contributed by atoms with Crippen molar-refractivity contribution in [3.05, 3.63) is 77.7 Å². The van der Waals surface area contributed by atoms with Gasteiger partial charge in [-0.3, -0.25) is 9.59 Å². The molecule has 1 heterocycles. The lowest BCUT2D eigenvalue weighted by atomic mass is 10.1. The van der Waals surface area contributed by atoms with E-state index in [9.17, 15) is 9.59 Å². The second-order valence-corrected chi connectivity index (χ2v) is 8.32. The molecule has 0 radical (unpaired) electrons. The van der Waals surface area contributed by atoms with E-state index in [2.05, 4.69) is 0 Å². The number of carbonyl (C=O) groups excluding carboxylic acids is 2. The first-order valence-corrected chi connectivity index (χ1v) is 11.6. The number of ether oxygens (including phenoxy) is 4. The molecule has 0 N–H and O–H groups in total. The van der Waals surface area contributed by atoms with Crippen molar-refractivity contribution < 1.29 is 28.5 Å². The molecular weight excluding hydrogens is 466 g/mol. The van der Waals surface area contributed by atoms with Crippen molar-refractivity contribution in [2.75, 3.05) is 20.8 Å². The number of carbonyl (C=O) groups is 2. The van der Waals surface area contributed by atoms with E-state index in [0.717, 1.165) is 21.8 Å². The number of thiazole rings is 1. The molecule has 0 bridgehead atoms. The molecule has 0 aliphatic carbocycles. The molecule has 8 heteroatoms. The van der Waals surface area contributed by atoms with Crippen LogP contribution in [0.5, 0.6) is 23.0 Å². The van der Waals surface area contributed by atoms with Crippen LogP contribution in [0.15, 0.2) is 72.1 Å². The van der Waals surface area contributed by atoms with Gasteiger partial charge in [0, 0.05) is 29.0 Å². The quantitative estimate of drug-likeness (QED) is 0.170. The molecule has 178 valence electrons. The molecule has 0 aliphatic heterocycles. The number of Topliss-reactive ketones (excluding diaryl/α,β-unsaturated/α-hetero) is 1. The van der Waals surface area contributed by atoms with Gasteiger partial charge in [0.15, 0.2) is 23.9 Å². The predicted molar refractivity (Wildman–Crippen MR) is 134 cm³/mol. The fourth-order valence-corrected chi connectivity index (χ4v) is 4.17. The molecule has 0 fully saturated rings. The maximum atomic E-state index is 12.5. The standard InChI is InChI=1S/C27H23NO6S/c1-17(29)34-22-11-4-18(5-12-22)23-16-35-27(28-23)19-6-9-21(10-7-19)33-15-24(30)20-8-13-25(31-2)26(14-20)32-3/h4-14,16H,15H2,1-3H3. The number of hydrogen-bond acceptors (Lipinski definition) is 8. The van der Waals surface area contributed by atoms with Crippen LogP contribution in [0.4, 0.5) is 0 Å². The summed E-state index contributed by atoms with van der Waals surface area (Å²) in [5, 5.41) is 2.83. The number of methoxy groups -OCH3 is 2. The molecular formula is C27H23NO6S. The molecule has 3 aromatic carbocycles. The van der Waals surface area contributed by atoms with Crippen LogP contribution in [-0.2, 0) is 4.79 Å². The van der Waals surface area contributed by atoms with Gasteiger partial charge in [-0.15, -0.1) is 11.3 Å². The van der Waals surface area contributed by atoms with E-state index < -0.39 is 0 Å². The van der Waals surface area contributed by atoms with E-state index >= 15 is 0 Å². The Bertz CT molecular complexity index is 1330. The number of benzene rings is 3. The Morgan fingerprint density at radius 2 is 1.49 bits per heavy atom. The minimum Gasteiger partial charge on any atom is -0.493 e. The Labute approximate surface area is 206 Å². The van der Waals surface area contributed by atoms with Gasteiger partial charge in [0.1, 0.15) is 16.5 Å². The molecule has 1 aromatic heterocycles. The van der Waals surface area contributed by atoms with Gasteiger partial charge in [0.05, 0.1) is 19.9 Å². The molecule has 4 aromatic rings. The van der Waals surface area contributed by atoms with E-state index in [1.54, 1.807) is 37.4 Å². The summed E-state index contributed by atoms with van der Waals surface area (Å²) < 4.78 is 21.2. The van der Waals surface area contributed by atoms with Crippen LogP contribution in [0.3, 0.4) is 0 Å². The summed E-state index contributed by atoms with van der Waals surface area (Å²) in [6.45, 7) is 1.27. The van der Waals surface area contributed by atoms with Gasteiger partial charge < -0.3 is 18.9 Å². The lowest BCUT2D eigenvalue weighted by molar-refractivity contribution is -0.131. The van der Waals surface area contributed by atoms with Crippen molar-refractivity contribution in [3.63, 3.8) is 0 Å². The normalized spacial score (nSPS) is 10.5. The van der Waals surface area contributed by atoms with Gasteiger partial charge in [0.2, 0.25) is 0 Å². The van der Waals surface area contributed by atoms with E-state index in [-0.39, 0.29) is 18.4 Å². The molecule has 35 heavy (non-hydrogen) atoms. The highest BCUT2D eigenvalue weighted by atomic mass is 32.1. The van der Waals surface area contributed by atoms with Crippen LogP contribution in [0.1, 0.15) is 17.3 Å². The van der Waals surface area contributed by atoms with Crippen molar-refractivity contribution in [2.24, 2.45) is 0 Å². The van der Waals surface area contributed by atoms with Gasteiger partial charge in [-0.25, -0.2) is 4.98 Å². The van der Waals surface area contributed by atoms with Gasteiger partial charge in [-0.1, -0.05) is 0 Å². The first-order chi connectivity index (χ1) is 17.0. The smallest absolute Gasteiger partial charge is 0.308 e. The molecule has 4 rings (SSSR count). The summed E-state index contributed by atoms with van der Waals surface area (Å²) in [5.74, 6) is 1.61. The van der Waals surface area contributed by atoms with Gasteiger partial charge >= 0.3 is 5.97 Å². The number of hydrogen-bond donors (Lipinski definition) is 0. The second-order valence-electron chi connectivity index (χ2n) is 7.46. The highest BCUT2D eigenvalue weighted by Gasteiger charge is 2.12. The van der Waals surface area contributed by atoms with Crippen LogP contribution in [0.25, 0.3) is 21.8 Å². The van der Waals surface area contributed by atoms with Gasteiger partial charge in [0.25, 0.3) is 0 Å². The number of ketones is 1. The Balaban J connectivity index is 1.38. The van der Waals surface area contributed by atoms with Crippen molar-refractivity contribution in [1.82, 2.24) is 4.98 Å². The number of nitrogens with zero attached hydrogens (tertiary/aromatic N) is 1. The summed E-state index contributed by atoms with van der Waals surface area (Å²) >= 11 is 1.53. The van der Waals surface area contributed by atoms with E-state index in [4.69, 9.17) is 23.9 Å². The molecule has 0 unspecified atom stereocenters. The highest BCUT2D eigenvalue weighted by molar-refractivity contribution is 7.13. The lowest BCUT2D eigenvalue weighted by Gasteiger charge is -2.10. The fraction of sp³-hybridized carbons (Fsp3) is 0.148. The Hall–Kier alpha value is -4.17. The summed E-state index contributed by atoms with van der Waals surface area (Å²) in [7, 11) is 3.07. The molecule has 0 atom stereocenters. The summed E-state index contributed by atoms with van der Waals surface area (Å²) in [6.07, 6.45) is 0. The summed E-state index contributed by atoms with van der Waals surface area (Å²) in [5.41, 5.74) is 3.18. The summed E-state index contributed by atoms with van der Waals surface area (Å²) in [4.78, 5) is 28.3. The summed E-state index contributed by atoms with van der Waals surface area (Å²) in [6, 6.07) is 19.7. The third kappa shape index (κ3) is 5.85. The molecule has 0 saturated carbocycles. The predicted octanol–water partition coefficient (Wildman–Crippen LogP) is 5.68. The van der Waals surface area contributed by atoms with Crippen LogP contribution >= 0.6 is 11.3 Å². The third-order valence-electron chi connectivity index (χ3n) is 5.09. The zero-order chi connectivity index (χ0) is 24.8. The van der Waals surface area contributed by atoms with Crippen LogP contribution in [0, 0.1) is 0 Å². The number of aromatic nitrogens is 1. The van der Waals surface area contributed by atoms with Gasteiger partial charge in [-0.05, 0) is 66.7 Å². The third-order valence-corrected chi connectivity index (χ3v) is 5.98. The average molecular weight is 490 g/mol. The maximum absolute atomic E-state index is 12.5. The zero-order valence-corrected chi connectivity index (χ0v) is 20.3. The topological polar surface area (TPSA) is 84.0 Å². The first kappa shape index (κ1) is 24.0. The molecule has 0 aliphatic rings. The van der Waals surface area contributed by atoms with E-state index in [1.807, 2.05) is 41.8 Å². The van der Waals surface area contributed by atoms with Crippen molar-refractivity contribution >= 4 is 23.1 Å². The molecule has 0 saturated heterocycles. The van der Waals surface area contributed by atoms with E-state index in [1.165, 1.54) is 25.4 Å². The van der Waals surface area contributed by atoms with Crippen LogP contribution in [0.2, 0.25) is 0 Å². The first-order valence-electron chi connectivity index (χ1n) is 10.7.